The number of Topliss-reactive ketones (excluding diaryl/α,β-unsaturated/α-hetero) is 1. The normalized spacial score (nSPS) is 12.1. The fraction of sp³-hybridized carbons (Fsp3) is 0.278. The van der Waals surface area contributed by atoms with Crippen LogP contribution in [0, 0.1) is 6.92 Å². The Labute approximate surface area is 144 Å². The zero-order valence-corrected chi connectivity index (χ0v) is 14.3. The molecule has 1 atom stereocenters. The lowest BCUT2D eigenvalue weighted by Gasteiger charge is -2.11. The van der Waals surface area contributed by atoms with Crippen LogP contribution in [0.4, 0.5) is 0 Å². The number of ketones is 1. The summed E-state index contributed by atoms with van der Waals surface area (Å²) in [6.07, 6.45) is 1.55. The van der Waals surface area contributed by atoms with Gasteiger partial charge in [-0.1, -0.05) is 31.2 Å². The molecule has 0 saturated carbocycles. The highest BCUT2D eigenvalue weighted by Gasteiger charge is 2.23. The molecule has 0 fully saturated rings. The lowest BCUT2D eigenvalue weighted by Crippen LogP contribution is -2.25. The lowest BCUT2D eigenvalue weighted by molar-refractivity contribution is 0.0307. The Kier molecular flexibility index (Phi) is 4.56. The highest BCUT2D eigenvalue weighted by Crippen LogP contribution is 2.11. The zero-order valence-electron chi connectivity index (χ0n) is 14.3. The third-order valence-electron chi connectivity index (χ3n) is 3.91. The summed E-state index contributed by atoms with van der Waals surface area (Å²) in [6.45, 7) is 5.40. The van der Waals surface area contributed by atoms with Crippen molar-refractivity contribution in [2.45, 2.75) is 33.3 Å². The third kappa shape index (κ3) is 3.40. The Bertz CT molecular complexity index is 931. The van der Waals surface area contributed by atoms with Gasteiger partial charge in [0.15, 0.2) is 6.10 Å². The predicted octanol–water partition coefficient (Wildman–Crippen LogP) is 2.42. The number of aryl methyl sites for hydroxylation is 2. The van der Waals surface area contributed by atoms with Crippen molar-refractivity contribution in [3.8, 4) is 0 Å². The van der Waals surface area contributed by atoms with Crippen LogP contribution in [0.3, 0.4) is 0 Å². The molecule has 7 nitrogen and oxygen atoms in total. The van der Waals surface area contributed by atoms with E-state index in [1.165, 1.54) is 11.4 Å². The summed E-state index contributed by atoms with van der Waals surface area (Å²) in [5.74, 6) is -0.839. The van der Waals surface area contributed by atoms with Gasteiger partial charge in [0.05, 0.1) is 0 Å². The van der Waals surface area contributed by atoms with Crippen LogP contribution in [0.2, 0.25) is 0 Å². The molecular formula is C18H18N4O3. The molecular weight excluding hydrogens is 320 g/mol. The van der Waals surface area contributed by atoms with E-state index < -0.39 is 12.1 Å². The average Bonchev–Trinajstić information content (AvgIpc) is 3.07. The maximum atomic E-state index is 12.4. The summed E-state index contributed by atoms with van der Waals surface area (Å²) in [5, 5.41) is 4.08. The molecule has 0 N–H and O–H groups in total. The first kappa shape index (κ1) is 16.8. The summed E-state index contributed by atoms with van der Waals surface area (Å²) in [7, 11) is 0. The van der Waals surface area contributed by atoms with Gasteiger partial charge in [-0.3, -0.25) is 4.79 Å². The van der Waals surface area contributed by atoms with Gasteiger partial charge in [0, 0.05) is 17.5 Å². The molecule has 7 heteroatoms. The Hall–Kier alpha value is -3.09. The first-order valence-electron chi connectivity index (χ1n) is 8.02. The Balaban J connectivity index is 1.74. The van der Waals surface area contributed by atoms with Crippen LogP contribution in [0.5, 0.6) is 0 Å². The van der Waals surface area contributed by atoms with Crippen LogP contribution in [0.15, 0.2) is 36.5 Å². The molecule has 0 aliphatic heterocycles. The molecule has 3 aromatic rings. The van der Waals surface area contributed by atoms with Crippen molar-refractivity contribution in [2.24, 2.45) is 0 Å². The van der Waals surface area contributed by atoms with Crippen molar-refractivity contribution in [3.63, 3.8) is 0 Å². The van der Waals surface area contributed by atoms with Crippen LogP contribution in [0.25, 0.3) is 5.78 Å². The van der Waals surface area contributed by atoms with Crippen molar-refractivity contribution >= 4 is 17.5 Å². The summed E-state index contributed by atoms with van der Waals surface area (Å²) in [6, 6.07) is 9.01. The number of benzene rings is 1. The summed E-state index contributed by atoms with van der Waals surface area (Å²) in [4.78, 5) is 32.7. The topological polar surface area (TPSA) is 86.5 Å². The van der Waals surface area contributed by atoms with Gasteiger partial charge in [0.25, 0.3) is 11.6 Å². The van der Waals surface area contributed by atoms with Crippen molar-refractivity contribution in [2.75, 3.05) is 0 Å². The van der Waals surface area contributed by atoms with Crippen molar-refractivity contribution in [3.05, 3.63) is 59.2 Å². The maximum Gasteiger partial charge on any atom is 0.379 e. The number of fused-ring (bicyclic) bond motifs is 1. The largest absolute Gasteiger partial charge is 0.448 e. The van der Waals surface area contributed by atoms with E-state index in [0.717, 1.165) is 17.7 Å². The minimum Gasteiger partial charge on any atom is -0.448 e. The number of carbonyl (C=O) groups is 2. The van der Waals surface area contributed by atoms with Gasteiger partial charge in [-0.25, -0.2) is 14.3 Å². The zero-order chi connectivity index (χ0) is 18.0. The van der Waals surface area contributed by atoms with Crippen LogP contribution in [0.1, 0.15) is 46.1 Å². The molecule has 2 heterocycles. The van der Waals surface area contributed by atoms with Gasteiger partial charge in [0.1, 0.15) is 0 Å². The molecule has 0 saturated heterocycles. The quantitative estimate of drug-likeness (QED) is 0.524. The molecule has 25 heavy (non-hydrogen) atoms. The number of rotatable bonds is 5. The number of hydrogen-bond donors (Lipinski definition) is 0. The fourth-order valence-electron chi connectivity index (χ4n) is 2.40. The second-order valence-corrected chi connectivity index (χ2v) is 5.70. The monoisotopic (exact) mass is 338 g/mol. The number of esters is 1. The molecule has 1 aromatic carbocycles. The van der Waals surface area contributed by atoms with E-state index in [2.05, 4.69) is 15.1 Å². The summed E-state index contributed by atoms with van der Waals surface area (Å²) in [5.41, 5.74) is 2.42. The highest BCUT2D eigenvalue weighted by atomic mass is 16.5. The Morgan fingerprint density at radius 2 is 1.92 bits per heavy atom. The van der Waals surface area contributed by atoms with Gasteiger partial charge in [0.2, 0.25) is 5.78 Å². The Morgan fingerprint density at radius 1 is 1.20 bits per heavy atom. The van der Waals surface area contributed by atoms with E-state index in [4.69, 9.17) is 4.74 Å². The van der Waals surface area contributed by atoms with Gasteiger partial charge in [-0.2, -0.15) is 4.98 Å². The van der Waals surface area contributed by atoms with Crippen LogP contribution < -0.4 is 0 Å². The SMILES string of the molecule is CCc1ccc(C(=O)C(C)OC(=O)c2nc3nccc(C)n3n2)cc1. The number of hydrogen-bond acceptors (Lipinski definition) is 6. The van der Waals surface area contributed by atoms with Crippen LogP contribution >= 0.6 is 0 Å². The van der Waals surface area contributed by atoms with Crippen molar-refractivity contribution in [1.82, 2.24) is 19.6 Å². The van der Waals surface area contributed by atoms with E-state index in [1.807, 2.05) is 26.0 Å². The van der Waals surface area contributed by atoms with Gasteiger partial charge >= 0.3 is 5.97 Å². The molecule has 1 unspecified atom stereocenters. The Morgan fingerprint density at radius 3 is 2.56 bits per heavy atom. The average molecular weight is 338 g/mol. The van der Waals surface area contributed by atoms with E-state index in [0.29, 0.717) is 11.3 Å². The highest BCUT2D eigenvalue weighted by molar-refractivity contribution is 6.01. The van der Waals surface area contributed by atoms with E-state index in [9.17, 15) is 9.59 Å². The van der Waals surface area contributed by atoms with Gasteiger partial charge in [-0.05, 0) is 31.9 Å². The maximum absolute atomic E-state index is 12.4. The molecule has 128 valence electrons. The molecule has 0 aliphatic rings. The van der Waals surface area contributed by atoms with Crippen LogP contribution in [-0.2, 0) is 11.2 Å². The lowest BCUT2D eigenvalue weighted by atomic mass is 10.0. The first-order valence-corrected chi connectivity index (χ1v) is 8.02. The fourth-order valence-corrected chi connectivity index (χ4v) is 2.40. The predicted molar refractivity (Wildman–Crippen MR) is 90.5 cm³/mol. The number of ether oxygens (including phenoxy) is 1. The number of carbonyl (C=O) groups excluding carboxylic acids is 2. The van der Waals surface area contributed by atoms with E-state index in [-0.39, 0.29) is 11.6 Å². The second-order valence-electron chi connectivity index (χ2n) is 5.70. The van der Waals surface area contributed by atoms with Crippen molar-refractivity contribution < 1.29 is 14.3 Å². The molecule has 0 amide bonds. The standard InChI is InChI=1S/C18H18N4O3/c1-4-13-5-7-14(8-6-13)15(23)12(3)25-17(24)16-20-18-19-10-9-11(2)22(18)21-16/h5-10,12H,4H2,1-3H3. The third-order valence-corrected chi connectivity index (χ3v) is 3.91. The first-order chi connectivity index (χ1) is 12.0. The minimum atomic E-state index is -0.930. The van der Waals surface area contributed by atoms with Crippen LogP contribution in [-0.4, -0.2) is 37.4 Å². The smallest absolute Gasteiger partial charge is 0.379 e. The number of nitrogens with zero attached hydrogens (tertiary/aromatic N) is 4. The number of aromatic nitrogens is 4. The molecule has 2 aromatic heterocycles. The molecule has 0 bridgehead atoms. The molecule has 3 rings (SSSR count). The van der Waals surface area contributed by atoms with Crippen molar-refractivity contribution in [1.29, 1.82) is 0 Å². The second kappa shape index (κ2) is 6.80. The minimum absolute atomic E-state index is 0.122. The molecule has 0 radical (unpaired) electrons. The summed E-state index contributed by atoms with van der Waals surface area (Å²) >= 11 is 0. The molecule has 0 aliphatic carbocycles. The molecule has 0 spiro atoms. The summed E-state index contributed by atoms with van der Waals surface area (Å²) < 4.78 is 6.67. The van der Waals surface area contributed by atoms with Gasteiger partial charge in [-0.15, -0.1) is 5.10 Å². The van der Waals surface area contributed by atoms with Gasteiger partial charge < -0.3 is 4.74 Å². The van der Waals surface area contributed by atoms with E-state index >= 15 is 0 Å². The van der Waals surface area contributed by atoms with E-state index in [1.54, 1.807) is 24.4 Å².